The number of hydrogen-bond donors (Lipinski definition) is 0. The van der Waals surface area contributed by atoms with Gasteiger partial charge in [-0.3, -0.25) is 9.69 Å². The van der Waals surface area contributed by atoms with E-state index >= 15 is 0 Å². The number of esters is 1. The van der Waals surface area contributed by atoms with Crippen molar-refractivity contribution in [1.29, 1.82) is 0 Å². The number of carbonyl (C=O) groups is 2. The molecule has 7 nitrogen and oxygen atoms in total. The SMILES string of the molecule is CCC(COC(C)=O)C1=CCN2CCc3c(n(C(=O)OC(C)(C)C)c4ccc(OCc5ccccc5)cc34)C2C1. The maximum Gasteiger partial charge on any atom is 0.419 e. The average Bonchev–Trinajstić information content (AvgIpc) is 3.26. The molecule has 5 rings (SSSR count). The molecule has 212 valence electrons. The summed E-state index contributed by atoms with van der Waals surface area (Å²) in [4.78, 5) is 27.7. The highest BCUT2D eigenvalue weighted by molar-refractivity contribution is 5.95. The van der Waals surface area contributed by atoms with Gasteiger partial charge in [0.1, 0.15) is 18.0 Å². The molecule has 40 heavy (non-hydrogen) atoms. The van der Waals surface area contributed by atoms with Gasteiger partial charge < -0.3 is 14.2 Å². The Morgan fingerprint density at radius 2 is 1.88 bits per heavy atom. The first-order chi connectivity index (χ1) is 19.1. The van der Waals surface area contributed by atoms with Crippen molar-refractivity contribution in [3.05, 3.63) is 77.0 Å². The normalized spacial score (nSPS) is 17.9. The minimum absolute atomic E-state index is 0.0312. The molecule has 0 radical (unpaired) electrons. The molecule has 2 aromatic carbocycles. The molecule has 2 aliphatic rings. The Morgan fingerprint density at radius 3 is 2.58 bits per heavy atom. The predicted octanol–water partition coefficient (Wildman–Crippen LogP) is 6.82. The van der Waals surface area contributed by atoms with Gasteiger partial charge in [0.05, 0.1) is 23.9 Å². The number of ether oxygens (including phenoxy) is 3. The molecular formula is C33H40N2O5. The van der Waals surface area contributed by atoms with Crippen LogP contribution in [0.4, 0.5) is 4.79 Å². The van der Waals surface area contributed by atoms with Crippen LogP contribution in [0, 0.1) is 5.92 Å². The lowest BCUT2D eigenvalue weighted by atomic mass is 9.84. The summed E-state index contributed by atoms with van der Waals surface area (Å²) in [5.41, 5.74) is 4.79. The van der Waals surface area contributed by atoms with Gasteiger partial charge in [-0.2, -0.15) is 0 Å². The minimum atomic E-state index is -0.622. The molecule has 7 heteroatoms. The van der Waals surface area contributed by atoms with Crippen LogP contribution < -0.4 is 4.74 Å². The van der Waals surface area contributed by atoms with E-state index in [1.54, 1.807) is 4.57 Å². The number of rotatable bonds is 7. The lowest BCUT2D eigenvalue weighted by molar-refractivity contribution is -0.142. The molecule has 0 saturated heterocycles. The highest BCUT2D eigenvalue weighted by Gasteiger charge is 2.38. The molecule has 0 fully saturated rings. The Hall–Kier alpha value is -3.58. The maximum atomic E-state index is 13.7. The Bertz CT molecular complexity index is 1420. The molecule has 0 amide bonds. The Kier molecular flexibility index (Phi) is 8.04. The molecule has 0 spiro atoms. The molecule has 3 heterocycles. The molecule has 2 atom stereocenters. The highest BCUT2D eigenvalue weighted by atomic mass is 16.6. The van der Waals surface area contributed by atoms with E-state index in [0.29, 0.717) is 13.2 Å². The topological polar surface area (TPSA) is 70.0 Å². The van der Waals surface area contributed by atoms with Crippen molar-refractivity contribution < 1.29 is 23.8 Å². The Labute approximate surface area is 236 Å². The van der Waals surface area contributed by atoms with Gasteiger partial charge in [0.15, 0.2) is 0 Å². The highest BCUT2D eigenvalue weighted by Crippen LogP contribution is 2.44. The summed E-state index contributed by atoms with van der Waals surface area (Å²) < 4.78 is 19.3. The van der Waals surface area contributed by atoms with Crippen molar-refractivity contribution in [1.82, 2.24) is 9.47 Å². The van der Waals surface area contributed by atoms with E-state index in [2.05, 4.69) is 24.0 Å². The van der Waals surface area contributed by atoms with Crippen molar-refractivity contribution >= 4 is 23.0 Å². The fourth-order valence-corrected chi connectivity index (χ4v) is 5.91. The third kappa shape index (κ3) is 5.94. The molecular weight excluding hydrogens is 504 g/mol. The molecule has 0 bridgehead atoms. The largest absolute Gasteiger partial charge is 0.489 e. The van der Waals surface area contributed by atoms with Crippen molar-refractivity contribution in [2.75, 3.05) is 19.7 Å². The first-order valence-corrected chi connectivity index (χ1v) is 14.3. The quantitative estimate of drug-likeness (QED) is 0.240. The zero-order valence-corrected chi connectivity index (χ0v) is 24.2. The molecule has 0 N–H and O–H groups in total. The second-order valence-corrected chi connectivity index (χ2v) is 11.8. The summed E-state index contributed by atoms with van der Waals surface area (Å²) in [7, 11) is 0. The van der Waals surface area contributed by atoms with Crippen LogP contribution in [-0.4, -0.2) is 46.8 Å². The van der Waals surface area contributed by atoms with E-state index in [4.69, 9.17) is 14.2 Å². The van der Waals surface area contributed by atoms with Gasteiger partial charge in [-0.05, 0) is 69.4 Å². The van der Waals surface area contributed by atoms with Gasteiger partial charge >= 0.3 is 12.1 Å². The molecule has 1 aromatic heterocycles. The van der Waals surface area contributed by atoms with E-state index in [1.165, 1.54) is 18.1 Å². The summed E-state index contributed by atoms with van der Waals surface area (Å²) in [5.74, 6) is 0.681. The van der Waals surface area contributed by atoms with Crippen molar-refractivity contribution in [2.24, 2.45) is 5.92 Å². The van der Waals surface area contributed by atoms with Crippen LogP contribution in [0.2, 0.25) is 0 Å². The van der Waals surface area contributed by atoms with Crippen LogP contribution in [0.15, 0.2) is 60.2 Å². The number of benzene rings is 2. The lowest BCUT2D eigenvalue weighted by Crippen LogP contribution is -2.41. The first kappa shape index (κ1) is 28.0. The van der Waals surface area contributed by atoms with Crippen molar-refractivity contribution in [3.8, 4) is 5.75 Å². The summed E-state index contributed by atoms with van der Waals surface area (Å²) in [5, 5.41) is 1.04. The average molecular weight is 545 g/mol. The van der Waals surface area contributed by atoms with Gasteiger partial charge in [0.2, 0.25) is 0 Å². The third-order valence-electron chi connectivity index (χ3n) is 7.84. The van der Waals surface area contributed by atoms with Crippen molar-refractivity contribution in [2.45, 2.75) is 72.1 Å². The maximum absolute atomic E-state index is 13.7. The predicted molar refractivity (Wildman–Crippen MR) is 155 cm³/mol. The monoisotopic (exact) mass is 544 g/mol. The molecule has 0 saturated carbocycles. The third-order valence-corrected chi connectivity index (χ3v) is 7.84. The molecule has 3 aromatic rings. The van der Waals surface area contributed by atoms with Crippen LogP contribution in [0.1, 0.15) is 70.3 Å². The zero-order chi connectivity index (χ0) is 28.4. The first-order valence-electron chi connectivity index (χ1n) is 14.3. The molecule has 0 aliphatic carbocycles. The van der Waals surface area contributed by atoms with Crippen LogP contribution in [-0.2, 0) is 27.3 Å². The number of fused-ring (bicyclic) bond motifs is 5. The van der Waals surface area contributed by atoms with Crippen LogP contribution >= 0.6 is 0 Å². The van der Waals surface area contributed by atoms with Gasteiger partial charge in [-0.25, -0.2) is 9.36 Å². The number of hydrogen-bond acceptors (Lipinski definition) is 6. The summed E-state index contributed by atoms with van der Waals surface area (Å²) in [6.45, 7) is 11.8. The van der Waals surface area contributed by atoms with E-state index in [-0.39, 0.29) is 24.0 Å². The van der Waals surface area contributed by atoms with Crippen LogP contribution in [0.25, 0.3) is 10.9 Å². The second kappa shape index (κ2) is 11.5. The second-order valence-electron chi connectivity index (χ2n) is 11.8. The molecule has 2 aliphatic heterocycles. The van der Waals surface area contributed by atoms with E-state index < -0.39 is 5.60 Å². The number of carbonyl (C=O) groups excluding carboxylic acids is 2. The van der Waals surface area contributed by atoms with Gasteiger partial charge in [-0.15, -0.1) is 0 Å². The zero-order valence-electron chi connectivity index (χ0n) is 24.2. The van der Waals surface area contributed by atoms with Gasteiger partial charge in [-0.1, -0.05) is 48.9 Å². The number of nitrogens with zero attached hydrogens (tertiary/aromatic N) is 2. The van der Waals surface area contributed by atoms with E-state index in [0.717, 1.165) is 60.3 Å². The van der Waals surface area contributed by atoms with Crippen LogP contribution in [0.3, 0.4) is 0 Å². The lowest BCUT2D eigenvalue weighted by Gasteiger charge is -2.41. The van der Waals surface area contributed by atoms with Crippen molar-refractivity contribution in [3.63, 3.8) is 0 Å². The minimum Gasteiger partial charge on any atom is -0.489 e. The summed E-state index contributed by atoms with van der Waals surface area (Å²) in [6, 6.07) is 16.1. The van der Waals surface area contributed by atoms with E-state index in [9.17, 15) is 9.59 Å². The van der Waals surface area contributed by atoms with Gasteiger partial charge in [0, 0.05) is 31.3 Å². The standard InChI is InChI=1S/C33H40N2O5/c1-6-24(21-38-22(2)36)25-14-16-34-17-15-27-28-19-26(39-20-23-10-8-7-9-11-23)12-13-29(28)35(31(27)30(34)18-25)32(37)40-33(3,4)5/h7-14,19,24,30H,6,15-18,20-21H2,1-5H3. The fourth-order valence-electron chi connectivity index (χ4n) is 5.91. The summed E-state index contributed by atoms with van der Waals surface area (Å²) >= 11 is 0. The Balaban J connectivity index is 1.53. The smallest absolute Gasteiger partial charge is 0.419 e. The van der Waals surface area contributed by atoms with Gasteiger partial charge in [0.25, 0.3) is 0 Å². The summed E-state index contributed by atoms with van der Waals surface area (Å²) in [6.07, 6.45) is 4.43. The number of aromatic nitrogens is 1. The van der Waals surface area contributed by atoms with Crippen LogP contribution in [0.5, 0.6) is 5.75 Å². The fraction of sp³-hybridized carbons (Fsp3) is 0.455. The Morgan fingerprint density at radius 1 is 1.10 bits per heavy atom. The molecule has 2 unspecified atom stereocenters. The van der Waals surface area contributed by atoms with E-state index in [1.807, 2.05) is 63.2 Å².